The van der Waals surface area contributed by atoms with Gasteiger partial charge in [0.2, 0.25) is 0 Å². The van der Waals surface area contributed by atoms with Gasteiger partial charge in [-0.2, -0.15) is 5.26 Å². The molecule has 0 N–H and O–H groups in total. The van der Waals surface area contributed by atoms with E-state index >= 15 is 0 Å². The molecular formula is C31H47F6N2OP. The van der Waals surface area contributed by atoms with E-state index in [0.29, 0.717) is 5.56 Å². The first kappa shape index (κ1) is 36.7. The number of aromatic nitrogens is 1. The number of benzene rings is 1. The molecule has 0 aliphatic heterocycles. The summed E-state index contributed by atoms with van der Waals surface area (Å²) in [7, 11) is -10.7. The van der Waals surface area contributed by atoms with E-state index in [-0.39, 0.29) is 0 Å². The predicted molar refractivity (Wildman–Crippen MR) is 156 cm³/mol. The molecule has 0 bridgehead atoms. The zero-order valence-electron chi connectivity index (χ0n) is 24.4. The van der Waals surface area contributed by atoms with Gasteiger partial charge in [-0.3, -0.25) is 0 Å². The van der Waals surface area contributed by atoms with Crippen LogP contribution in [0.1, 0.15) is 121 Å². The molecule has 1 aromatic carbocycles. The summed E-state index contributed by atoms with van der Waals surface area (Å²) in [4.78, 5) is 0. The van der Waals surface area contributed by atoms with Crippen LogP contribution in [0.25, 0.3) is 0 Å². The molecule has 1 heterocycles. The fourth-order valence-corrected chi connectivity index (χ4v) is 4.38. The Morgan fingerprint density at radius 2 is 1.02 bits per heavy atom. The Bertz CT molecular complexity index is 980. The van der Waals surface area contributed by atoms with E-state index in [4.69, 9.17) is 10.00 Å². The monoisotopic (exact) mass is 608 g/mol. The quantitative estimate of drug-likeness (QED) is 0.0649. The molecule has 0 saturated heterocycles. The minimum absolute atomic E-state index is 0.689. The van der Waals surface area contributed by atoms with Crippen LogP contribution < -0.4 is 9.30 Å². The summed E-state index contributed by atoms with van der Waals surface area (Å²) >= 11 is 0. The first-order valence-electron chi connectivity index (χ1n) is 14.9. The van der Waals surface area contributed by atoms with Crippen LogP contribution in [0, 0.1) is 11.3 Å². The van der Waals surface area contributed by atoms with Gasteiger partial charge in [-0.15, -0.1) is 0 Å². The number of nitriles is 1. The van der Waals surface area contributed by atoms with Crippen molar-refractivity contribution in [1.82, 2.24) is 0 Å². The van der Waals surface area contributed by atoms with Gasteiger partial charge in [-0.1, -0.05) is 103 Å². The van der Waals surface area contributed by atoms with E-state index in [9.17, 15) is 25.2 Å². The molecule has 1 aromatic heterocycles. The Kier molecular flexibility index (Phi) is 16.3. The minimum atomic E-state index is -10.7. The standard InChI is InChI=1S/C31H47N2O.F6P/c1-2-3-4-5-6-7-8-9-10-11-12-13-14-15-16-17-26-34-31-20-18-30(19-21-31)28-33-24-22-29(27-32)23-25-33;1-7(2,3,4,5)6/h18-25H,2-17,26,28H2,1H3;/q+1;-1. The molecule has 0 unspecified atom stereocenters. The van der Waals surface area contributed by atoms with Crippen molar-refractivity contribution in [2.75, 3.05) is 6.61 Å². The number of halogens is 6. The number of pyridine rings is 1. The SMILES string of the molecule is CCCCCCCCCCCCCCCCCCOc1ccc(C[n+]2ccc(C#N)cc2)cc1.F[P-](F)(F)(F)(F)F. The molecule has 10 heteroatoms. The third-order valence-electron chi connectivity index (χ3n) is 6.58. The predicted octanol–water partition coefficient (Wildman–Crippen LogP) is 11.9. The summed E-state index contributed by atoms with van der Waals surface area (Å²) in [6.45, 7) is 3.89. The Labute approximate surface area is 242 Å². The fraction of sp³-hybridized carbons (Fsp3) is 0.613. The zero-order valence-corrected chi connectivity index (χ0v) is 25.3. The summed E-state index contributed by atoms with van der Waals surface area (Å²) in [5.41, 5.74) is 1.92. The van der Waals surface area contributed by atoms with E-state index in [1.807, 2.05) is 24.5 Å². The van der Waals surface area contributed by atoms with Gasteiger partial charge in [-0.25, -0.2) is 4.57 Å². The summed E-state index contributed by atoms with van der Waals surface area (Å²) in [6.07, 6.45) is 26.2. The second-order valence-electron chi connectivity index (χ2n) is 10.6. The van der Waals surface area contributed by atoms with Gasteiger partial charge in [0, 0.05) is 17.7 Å². The van der Waals surface area contributed by atoms with Gasteiger partial charge < -0.3 is 4.74 Å². The van der Waals surface area contributed by atoms with Crippen molar-refractivity contribution in [3.63, 3.8) is 0 Å². The van der Waals surface area contributed by atoms with E-state index in [2.05, 4.69) is 41.8 Å². The van der Waals surface area contributed by atoms with Crippen LogP contribution in [0.3, 0.4) is 0 Å². The summed E-state index contributed by atoms with van der Waals surface area (Å²) in [5.74, 6) is 0.953. The molecule has 234 valence electrons. The van der Waals surface area contributed by atoms with Crippen molar-refractivity contribution >= 4 is 7.81 Å². The molecule has 0 radical (unpaired) electrons. The Morgan fingerprint density at radius 3 is 1.41 bits per heavy atom. The molecule has 0 atom stereocenters. The van der Waals surface area contributed by atoms with Crippen LogP contribution in [0.4, 0.5) is 25.2 Å². The third-order valence-corrected chi connectivity index (χ3v) is 6.58. The van der Waals surface area contributed by atoms with Crippen molar-refractivity contribution < 1.29 is 34.5 Å². The Morgan fingerprint density at radius 1 is 0.634 bits per heavy atom. The molecule has 0 spiro atoms. The number of rotatable bonds is 20. The van der Waals surface area contributed by atoms with Gasteiger partial charge in [0.05, 0.1) is 18.2 Å². The van der Waals surface area contributed by atoms with Crippen molar-refractivity contribution in [2.24, 2.45) is 0 Å². The van der Waals surface area contributed by atoms with Crippen LogP contribution in [0.2, 0.25) is 0 Å². The maximum absolute atomic E-state index is 10.7. The van der Waals surface area contributed by atoms with Crippen LogP contribution in [-0.2, 0) is 6.54 Å². The third kappa shape index (κ3) is 26.3. The molecule has 0 aliphatic carbocycles. The molecule has 2 aromatic rings. The topological polar surface area (TPSA) is 36.9 Å². The molecule has 0 amide bonds. The average Bonchev–Trinajstić information content (AvgIpc) is 2.90. The second-order valence-corrected chi connectivity index (χ2v) is 12.5. The number of ether oxygens (including phenoxy) is 1. The summed E-state index contributed by atoms with van der Waals surface area (Å²) in [6, 6.07) is 14.2. The van der Waals surface area contributed by atoms with Crippen molar-refractivity contribution in [3.8, 4) is 11.8 Å². The van der Waals surface area contributed by atoms with Crippen LogP contribution in [0.15, 0.2) is 48.8 Å². The van der Waals surface area contributed by atoms with Crippen LogP contribution in [0.5, 0.6) is 5.75 Å². The molecule has 0 aliphatic rings. The number of unbranched alkanes of at least 4 members (excludes halogenated alkanes) is 15. The van der Waals surface area contributed by atoms with Gasteiger partial charge >= 0.3 is 33.0 Å². The normalized spacial score (nSPS) is 12.9. The molecule has 2 rings (SSSR count). The molecule has 3 nitrogen and oxygen atoms in total. The van der Waals surface area contributed by atoms with Gasteiger partial charge in [0.15, 0.2) is 18.9 Å². The van der Waals surface area contributed by atoms with Gasteiger partial charge in [0.1, 0.15) is 5.75 Å². The number of nitrogens with zero attached hydrogens (tertiary/aromatic N) is 2. The molecule has 0 fully saturated rings. The zero-order chi connectivity index (χ0) is 30.5. The van der Waals surface area contributed by atoms with Gasteiger partial charge in [0.25, 0.3) is 0 Å². The number of hydrogen-bond acceptors (Lipinski definition) is 2. The van der Waals surface area contributed by atoms with Gasteiger partial charge in [-0.05, 0) is 30.7 Å². The Balaban J connectivity index is 0.00000106. The van der Waals surface area contributed by atoms with Crippen LogP contribution in [-0.4, -0.2) is 6.61 Å². The number of hydrogen-bond donors (Lipinski definition) is 0. The van der Waals surface area contributed by atoms with Crippen molar-refractivity contribution in [2.45, 2.75) is 116 Å². The molecule has 0 saturated carbocycles. The van der Waals surface area contributed by atoms with Crippen molar-refractivity contribution in [3.05, 3.63) is 59.9 Å². The summed E-state index contributed by atoms with van der Waals surface area (Å²) in [5, 5.41) is 8.89. The first-order chi connectivity index (χ1) is 19.3. The second kappa shape index (κ2) is 18.3. The van der Waals surface area contributed by atoms with E-state index < -0.39 is 7.81 Å². The fourth-order valence-electron chi connectivity index (χ4n) is 4.38. The Hall–Kier alpha value is -2.33. The summed E-state index contributed by atoms with van der Waals surface area (Å²) < 4.78 is 67.2. The average molecular weight is 609 g/mol. The van der Waals surface area contributed by atoms with E-state index in [1.54, 1.807) is 0 Å². The molecular weight excluding hydrogens is 561 g/mol. The molecule has 41 heavy (non-hydrogen) atoms. The van der Waals surface area contributed by atoms with Crippen molar-refractivity contribution in [1.29, 1.82) is 5.26 Å². The van der Waals surface area contributed by atoms with E-state index in [0.717, 1.165) is 25.3 Å². The van der Waals surface area contributed by atoms with E-state index in [1.165, 1.54) is 102 Å². The van der Waals surface area contributed by atoms with Crippen LogP contribution >= 0.6 is 7.81 Å². The maximum atomic E-state index is 9.87. The first-order valence-corrected chi connectivity index (χ1v) is 17.0.